The van der Waals surface area contributed by atoms with Gasteiger partial charge in [0.2, 0.25) is 0 Å². The molecule has 0 radical (unpaired) electrons. The van der Waals surface area contributed by atoms with Crippen LogP contribution in [0.25, 0.3) is 5.52 Å². The zero-order valence-electron chi connectivity index (χ0n) is 11.7. The van der Waals surface area contributed by atoms with Crippen LogP contribution >= 0.6 is 0 Å². The molecule has 0 saturated heterocycles. The number of hydrogen-bond acceptors (Lipinski definition) is 3. The molecular weight excluding hydrogens is 254 g/mol. The maximum absolute atomic E-state index is 12.1. The molecule has 0 aliphatic rings. The lowest BCUT2D eigenvalue weighted by Crippen LogP contribution is -2.29. The van der Waals surface area contributed by atoms with Gasteiger partial charge in [0.25, 0.3) is 5.91 Å². The Balaban J connectivity index is 1.96. The first-order valence-corrected chi connectivity index (χ1v) is 7.05. The highest BCUT2D eigenvalue weighted by molar-refractivity contribution is 5.95. The second-order valence-electron chi connectivity index (χ2n) is 5.02. The molecule has 2 aromatic rings. The lowest BCUT2D eigenvalue weighted by Gasteiger charge is -2.15. The number of pyridine rings is 1. The fourth-order valence-electron chi connectivity index (χ4n) is 2.34. The molecule has 108 valence electrons. The molecule has 0 aliphatic heterocycles. The van der Waals surface area contributed by atoms with Gasteiger partial charge in [-0.2, -0.15) is 0 Å². The maximum Gasteiger partial charge on any atom is 0.251 e. The molecule has 0 spiro atoms. The number of imidazole rings is 1. The van der Waals surface area contributed by atoms with Gasteiger partial charge in [0, 0.05) is 24.9 Å². The van der Waals surface area contributed by atoms with Crippen LogP contribution in [0.4, 0.5) is 0 Å². The third-order valence-electron chi connectivity index (χ3n) is 3.46. The zero-order valence-corrected chi connectivity index (χ0v) is 11.7. The van der Waals surface area contributed by atoms with Crippen molar-refractivity contribution >= 4 is 11.4 Å². The quantitative estimate of drug-likeness (QED) is 0.810. The average molecular weight is 275 g/mol. The summed E-state index contributed by atoms with van der Waals surface area (Å²) in [7, 11) is 0. The minimum atomic E-state index is -0.0762. The summed E-state index contributed by atoms with van der Waals surface area (Å²) in [5, 5.41) is 12.0. The molecule has 1 atom stereocenters. The van der Waals surface area contributed by atoms with Crippen LogP contribution in [0.15, 0.2) is 30.9 Å². The number of carbonyl (C=O) groups is 1. The number of aromatic nitrogens is 2. The Morgan fingerprint density at radius 3 is 3.10 bits per heavy atom. The Morgan fingerprint density at radius 1 is 1.50 bits per heavy atom. The van der Waals surface area contributed by atoms with Crippen molar-refractivity contribution in [1.82, 2.24) is 14.7 Å². The van der Waals surface area contributed by atoms with E-state index in [1.54, 1.807) is 18.6 Å². The van der Waals surface area contributed by atoms with Crippen molar-refractivity contribution in [2.45, 2.75) is 26.2 Å². The van der Waals surface area contributed by atoms with Crippen LogP contribution in [-0.4, -0.2) is 33.6 Å². The maximum atomic E-state index is 12.1. The topological polar surface area (TPSA) is 66.6 Å². The van der Waals surface area contributed by atoms with Crippen molar-refractivity contribution in [2.75, 3.05) is 13.2 Å². The van der Waals surface area contributed by atoms with Crippen molar-refractivity contribution in [1.29, 1.82) is 0 Å². The van der Waals surface area contributed by atoms with E-state index in [1.165, 1.54) is 0 Å². The third kappa shape index (κ3) is 3.57. The second-order valence-corrected chi connectivity index (χ2v) is 5.02. The van der Waals surface area contributed by atoms with E-state index in [0.717, 1.165) is 24.8 Å². The van der Waals surface area contributed by atoms with E-state index in [2.05, 4.69) is 17.2 Å². The van der Waals surface area contributed by atoms with Gasteiger partial charge in [0.1, 0.15) is 0 Å². The Labute approximate surface area is 118 Å². The van der Waals surface area contributed by atoms with Crippen molar-refractivity contribution in [3.63, 3.8) is 0 Å². The minimum Gasteiger partial charge on any atom is -0.396 e. The highest BCUT2D eigenvalue weighted by Crippen LogP contribution is 2.11. The van der Waals surface area contributed by atoms with Crippen LogP contribution in [0, 0.1) is 5.92 Å². The van der Waals surface area contributed by atoms with Crippen LogP contribution in [0.2, 0.25) is 0 Å². The molecule has 2 rings (SSSR count). The molecule has 2 aromatic heterocycles. The summed E-state index contributed by atoms with van der Waals surface area (Å²) in [6.45, 7) is 2.89. The summed E-state index contributed by atoms with van der Waals surface area (Å²) < 4.78 is 1.86. The van der Waals surface area contributed by atoms with Crippen LogP contribution in [0.1, 0.15) is 36.5 Å². The predicted molar refractivity (Wildman–Crippen MR) is 77.6 cm³/mol. The number of nitrogens with one attached hydrogen (secondary N) is 1. The number of aliphatic hydroxyl groups excluding tert-OH is 1. The van der Waals surface area contributed by atoms with E-state index in [9.17, 15) is 4.79 Å². The van der Waals surface area contributed by atoms with Gasteiger partial charge < -0.3 is 14.8 Å². The largest absolute Gasteiger partial charge is 0.396 e. The van der Waals surface area contributed by atoms with Gasteiger partial charge in [-0.3, -0.25) is 4.79 Å². The van der Waals surface area contributed by atoms with Crippen LogP contribution < -0.4 is 5.32 Å². The highest BCUT2D eigenvalue weighted by atomic mass is 16.3. The number of carbonyl (C=O) groups excluding carboxylic acids is 1. The van der Waals surface area contributed by atoms with Crippen LogP contribution in [0.3, 0.4) is 0 Å². The van der Waals surface area contributed by atoms with Gasteiger partial charge in [0.05, 0.1) is 18.0 Å². The predicted octanol–water partition coefficient (Wildman–Crippen LogP) is 1.86. The first-order chi connectivity index (χ1) is 9.74. The number of nitrogens with zero attached hydrogens (tertiary/aromatic N) is 2. The molecule has 1 amide bonds. The highest BCUT2D eigenvalue weighted by Gasteiger charge is 2.11. The number of hydrogen-bond donors (Lipinski definition) is 2. The van der Waals surface area contributed by atoms with E-state index in [4.69, 9.17) is 5.11 Å². The van der Waals surface area contributed by atoms with E-state index in [0.29, 0.717) is 18.0 Å². The number of aliphatic hydroxyl groups is 1. The fraction of sp³-hybridized carbons (Fsp3) is 0.467. The normalized spacial score (nSPS) is 12.5. The summed E-state index contributed by atoms with van der Waals surface area (Å²) in [5.41, 5.74) is 1.54. The summed E-state index contributed by atoms with van der Waals surface area (Å²) in [5.74, 6) is 0.264. The summed E-state index contributed by atoms with van der Waals surface area (Å²) in [6.07, 6.45) is 8.06. The molecular formula is C15H21N3O2. The van der Waals surface area contributed by atoms with Crippen molar-refractivity contribution in [2.24, 2.45) is 5.92 Å². The van der Waals surface area contributed by atoms with Crippen molar-refractivity contribution in [3.8, 4) is 0 Å². The van der Waals surface area contributed by atoms with E-state index < -0.39 is 0 Å². The van der Waals surface area contributed by atoms with Gasteiger partial charge in [0.15, 0.2) is 0 Å². The third-order valence-corrected chi connectivity index (χ3v) is 3.46. The number of rotatable bonds is 7. The van der Waals surface area contributed by atoms with Crippen LogP contribution in [-0.2, 0) is 0 Å². The zero-order chi connectivity index (χ0) is 14.4. The summed E-state index contributed by atoms with van der Waals surface area (Å²) in [4.78, 5) is 16.1. The summed E-state index contributed by atoms with van der Waals surface area (Å²) >= 11 is 0. The van der Waals surface area contributed by atoms with E-state index >= 15 is 0 Å². The van der Waals surface area contributed by atoms with Gasteiger partial charge in [-0.25, -0.2) is 4.98 Å². The molecule has 0 bridgehead atoms. The Morgan fingerprint density at radius 2 is 2.35 bits per heavy atom. The molecule has 2 N–H and O–H groups in total. The average Bonchev–Trinajstić information content (AvgIpc) is 2.92. The van der Waals surface area contributed by atoms with E-state index in [1.807, 2.05) is 16.7 Å². The molecule has 20 heavy (non-hydrogen) atoms. The monoisotopic (exact) mass is 275 g/mol. The molecule has 5 nitrogen and oxygen atoms in total. The van der Waals surface area contributed by atoms with Gasteiger partial charge in [-0.05, 0) is 30.9 Å². The van der Waals surface area contributed by atoms with Gasteiger partial charge >= 0.3 is 0 Å². The molecule has 0 fully saturated rings. The molecule has 2 heterocycles. The first-order valence-electron chi connectivity index (χ1n) is 7.05. The fourth-order valence-corrected chi connectivity index (χ4v) is 2.34. The van der Waals surface area contributed by atoms with Crippen LogP contribution in [0.5, 0.6) is 0 Å². The lowest BCUT2D eigenvalue weighted by atomic mass is 10.00. The Hall–Kier alpha value is -1.88. The number of amides is 1. The lowest BCUT2D eigenvalue weighted by molar-refractivity contribution is 0.0943. The summed E-state index contributed by atoms with van der Waals surface area (Å²) in [6, 6.07) is 3.61. The minimum absolute atomic E-state index is 0.0762. The van der Waals surface area contributed by atoms with Crippen molar-refractivity contribution in [3.05, 3.63) is 36.4 Å². The van der Waals surface area contributed by atoms with Crippen molar-refractivity contribution < 1.29 is 9.90 Å². The SMILES string of the molecule is CCCC(CCO)CNC(=O)c1ccn2cncc2c1. The molecule has 5 heteroatoms. The smallest absolute Gasteiger partial charge is 0.251 e. The first kappa shape index (κ1) is 14.5. The van der Waals surface area contributed by atoms with Gasteiger partial charge in [-0.1, -0.05) is 13.3 Å². The Bertz CT molecular complexity index is 559. The molecule has 1 unspecified atom stereocenters. The standard InChI is InChI=1S/C15H21N3O2/c1-2-3-12(5-7-19)9-17-15(20)13-4-6-18-11-16-10-14(18)8-13/h4,6,8,10-12,19H,2-3,5,7,9H2,1H3,(H,17,20). The van der Waals surface area contributed by atoms with Gasteiger partial charge in [-0.15, -0.1) is 0 Å². The Kier molecular flexibility index (Phi) is 5.12. The number of fused-ring (bicyclic) bond motifs is 1. The molecule has 0 aliphatic carbocycles. The molecule has 0 saturated carbocycles. The van der Waals surface area contributed by atoms with E-state index in [-0.39, 0.29) is 12.5 Å². The second kappa shape index (κ2) is 7.05. The molecule has 0 aromatic carbocycles.